The van der Waals surface area contributed by atoms with Crippen LogP contribution in [0.4, 0.5) is 0 Å². The van der Waals surface area contributed by atoms with Gasteiger partial charge in [-0.05, 0) is 51.0 Å². The zero-order valence-corrected chi connectivity index (χ0v) is 14.9. The van der Waals surface area contributed by atoms with Crippen molar-refractivity contribution in [3.05, 3.63) is 24.3 Å². The molecular formula is C16H24N2O5S. The van der Waals surface area contributed by atoms with Crippen LogP contribution < -0.4 is 14.8 Å². The molecule has 2 unspecified atom stereocenters. The first kappa shape index (κ1) is 18.7. The maximum atomic E-state index is 12.3. The number of amides is 1. The number of ether oxygens (including phenoxy) is 2. The van der Waals surface area contributed by atoms with Gasteiger partial charge in [0.05, 0.1) is 30.2 Å². The number of carbonyl (C=O) groups excluding carboxylic acids is 1. The number of hydrogen-bond donors (Lipinski definition) is 2. The lowest BCUT2D eigenvalue weighted by molar-refractivity contribution is -0.123. The average Bonchev–Trinajstić information content (AvgIpc) is 3.09. The number of carbonyl (C=O) groups is 1. The zero-order valence-electron chi connectivity index (χ0n) is 14.1. The molecule has 134 valence electrons. The number of sulfonamides is 1. The zero-order chi connectivity index (χ0) is 17.7. The largest absolute Gasteiger partial charge is 0.497 e. The molecule has 0 spiro atoms. The Morgan fingerprint density at radius 3 is 2.50 bits per heavy atom. The standard InChI is InChI=1S/C16H24N2O5S/c1-11(15-5-4-10-23-15)17-16(19)12(2)18-24(20,21)14-8-6-13(22-3)7-9-14/h6-9,11-12,15,18H,4-5,10H2,1-3H3,(H,17,19)/t11?,12-,15?/m0/s1. The van der Waals surface area contributed by atoms with E-state index in [4.69, 9.17) is 9.47 Å². The van der Waals surface area contributed by atoms with E-state index in [2.05, 4.69) is 10.0 Å². The summed E-state index contributed by atoms with van der Waals surface area (Å²) in [6, 6.07) is 4.92. The molecule has 1 aliphatic rings. The molecule has 1 heterocycles. The topological polar surface area (TPSA) is 93.7 Å². The van der Waals surface area contributed by atoms with Crippen LogP contribution in [0, 0.1) is 0 Å². The molecule has 0 aromatic heterocycles. The van der Waals surface area contributed by atoms with Crippen molar-refractivity contribution in [2.24, 2.45) is 0 Å². The maximum Gasteiger partial charge on any atom is 0.241 e. The fourth-order valence-corrected chi connectivity index (χ4v) is 3.75. The Kier molecular flexibility index (Phi) is 6.20. The molecule has 8 heteroatoms. The van der Waals surface area contributed by atoms with Crippen LogP contribution in [0.5, 0.6) is 5.75 Å². The quantitative estimate of drug-likeness (QED) is 0.761. The van der Waals surface area contributed by atoms with Crippen molar-refractivity contribution in [2.45, 2.75) is 49.8 Å². The van der Waals surface area contributed by atoms with E-state index in [0.29, 0.717) is 12.4 Å². The smallest absolute Gasteiger partial charge is 0.241 e. The highest BCUT2D eigenvalue weighted by molar-refractivity contribution is 7.89. The number of rotatable bonds is 7. The van der Waals surface area contributed by atoms with E-state index in [1.807, 2.05) is 6.92 Å². The lowest BCUT2D eigenvalue weighted by atomic mass is 10.1. The molecule has 1 amide bonds. The number of nitrogens with one attached hydrogen (secondary N) is 2. The van der Waals surface area contributed by atoms with E-state index in [1.165, 1.54) is 26.2 Å². The molecule has 1 aliphatic heterocycles. The van der Waals surface area contributed by atoms with Crippen LogP contribution in [-0.4, -0.2) is 46.2 Å². The Morgan fingerprint density at radius 1 is 1.29 bits per heavy atom. The van der Waals surface area contributed by atoms with E-state index < -0.39 is 16.1 Å². The van der Waals surface area contributed by atoms with Crippen LogP contribution in [0.3, 0.4) is 0 Å². The molecular weight excluding hydrogens is 332 g/mol. The molecule has 3 atom stereocenters. The Morgan fingerprint density at radius 2 is 1.96 bits per heavy atom. The van der Waals surface area contributed by atoms with E-state index >= 15 is 0 Å². The molecule has 1 saturated heterocycles. The van der Waals surface area contributed by atoms with Gasteiger partial charge >= 0.3 is 0 Å². The van der Waals surface area contributed by atoms with Gasteiger partial charge in [0.15, 0.2) is 0 Å². The van der Waals surface area contributed by atoms with Crippen molar-refractivity contribution in [1.82, 2.24) is 10.0 Å². The van der Waals surface area contributed by atoms with Gasteiger partial charge in [-0.3, -0.25) is 4.79 Å². The fraction of sp³-hybridized carbons (Fsp3) is 0.562. The molecule has 2 rings (SSSR count). The van der Waals surface area contributed by atoms with Crippen molar-refractivity contribution < 1.29 is 22.7 Å². The van der Waals surface area contributed by atoms with Crippen molar-refractivity contribution in [3.63, 3.8) is 0 Å². The number of hydrogen-bond acceptors (Lipinski definition) is 5. The molecule has 1 fully saturated rings. The molecule has 0 aliphatic carbocycles. The highest BCUT2D eigenvalue weighted by atomic mass is 32.2. The summed E-state index contributed by atoms with van der Waals surface area (Å²) in [6.07, 6.45) is 1.86. The van der Waals surface area contributed by atoms with Gasteiger partial charge in [-0.2, -0.15) is 4.72 Å². The van der Waals surface area contributed by atoms with Crippen LogP contribution in [0.25, 0.3) is 0 Å². The summed E-state index contributed by atoms with van der Waals surface area (Å²) in [4.78, 5) is 12.3. The van der Waals surface area contributed by atoms with E-state index in [1.54, 1.807) is 12.1 Å². The fourth-order valence-electron chi connectivity index (χ4n) is 2.55. The third-order valence-corrected chi connectivity index (χ3v) is 5.54. The van der Waals surface area contributed by atoms with Crippen LogP contribution in [0.15, 0.2) is 29.2 Å². The van der Waals surface area contributed by atoms with Gasteiger partial charge in [0, 0.05) is 6.61 Å². The molecule has 0 radical (unpaired) electrons. The molecule has 0 bridgehead atoms. The predicted molar refractivity (Wildman–Crippen MR) is 89.4 cm³/mol. The monoisotopic (exact) mass is 356 g/mol. The minimum Gasteiger partial charge on any atom is -0.497 e. The Balaban J connectivity index is 1.95. The third-order valence-electron chi connectivity index (χ3n) is 3.99. The van der Waals surface area contributed by atoms with Gasteiger partial charge in [0.2, 0.25) is 15.9 Å². The van der Waals surface area contributed by atoms with Crippen molar-refractivity contribution in [2.75, 3.05) is 13.7 Å². The van der Waals surface area contributed by atoms with Crippen molar-refractivity contribution in [3.8, 4) is 5.75 Å². The van der Waals surface area contributed by atoms with Gasteiger partial charge < -0.3 is 14.8 Å². The molecule has 2 N–H and O–H groups in total. The first-order chi connectivity index (χ1) is 11.3. The first-order valence-corrected chi connectivity index (χ1v) is 9.40. The lowest BCUT2D eigenvalue weighted by Crippen LogP contribution is -2.50. The van der Waals surface area contributed by atoms with E-state index in [9.17, 15) is 13.2 Å². The lowest BCUT2D eigenvalue weighted by Gasteiger charge is -2.22. The van der Waals surface area contributed by atoms with Gasteiger partial charge in [-0.25, -0.2) is 8.42 Å². The highest BCUT2D eigenvalue weighted by Crippen LogP contribution is 2.17. The molecule has 0 saturated carbocycles. The summed E-state index contributed by atoms with van der Waals surface area (Å²) < 4.78 is 37.6. The molecule has 7 nitrogen and oxygen atoms in total. The molecule has 24 heavy (non-hydrogen) atoms. The first-order valence-electron chi connectivity index (χ1n) is 7.92. The highest BCUT2D eigenvalue weighted by Gasteiger charge is 2.27. The molecule has 1 aromatic rings. The second kappa shape index (κ2) is 7.96. The van der Waals surface area contributed by atoms with E-state index in [0.717, 1.165) is 12.8 Å². The van der Waals surface area contributed by atoms with E-state index in [-0.39, 0.29) is 22.9 Å². The third kappa shape index (κ3) is 4.68. The SMILES string of the molecule is COc1ccc(S(=O)(=O)N[C@@H](C)C(=O)NC(C)C2CCCO2)cc1. The van der Waals surface area contributed by atoms with Crippen LogP contribution >= 0.6 is 0 Å². The number of methoxy groups -OCH3 is 1. The van der Waals surface area contributed by atoms with Crippen LogP contribution in [0.1, 0.15) is 26.7 Å². The second-order valence-corrected chi connectivity index (χ2v) is 7.58. The number of benzene rings is 1. The normalized spacial score (nSPS) is 20.4. The van der Waals surface area contributed by atoms with Gasteiger partial charge in [0.25, 0.3) is 0 Å². The van der Waals surface area contributed by atoms with Gasteiger partial charge in [-0.15, -0.1) is 0 Å². The summed E-state index contributed by atoms with van der Waals surface area (Å²) in [7, 11) is -2.28. The summed E-state index contributed by atoms with van der Waals surface area (Å²) in [5, 5.41) is 2.80. The predicted octanol–water partition coefficient (Wildman–Crippen LogP) is 1.05. The Hall–Kier alpha value is -1.64. The van der Waals surface area contributed by atoms with Crippen molar-refractivity contribution in [1.29, 1.82) is 0 Å². The maximum absolute atomic E-state index is 12.3. The summed E-state index contributed by atoms with van der Waals surface area (Å²) in [5.41, 5.74) is 0. The van der Waals surface area contributed by atoms with Crippen LogP contribution in [0.2, 0.25) is 0 Å². The van der Waals surface area contributed by atoms with Gasteiger partial charge in [0.1, 0.15) is 5.75 Å². The second-order valence-electron chi connectivity index (χ2n) is 5.87. The Labute approximate surface area is 142 Å². The van der Waals surface area contributed by atoms with Gasteiger partial charge in [-0.1, -0.05) is 0 Å². The summed E-state index contributed by atoms with van der Waals surface area (Å²) >= 11 is 0. The van der Waals surface area contributed by atoms with Crippen LogP contribution in [-0.2, 0) is 19.6 Å². The molecule has 1 aromatic carbocycles. The Bertz CT molecular complexity index is 654. The average molecular weight is 356 g/mol. The summed E-state index contributed by atoms with van der Waals surface area (Å²) in [5.74, 6) is 0.181. The summed E-state index contributed by atoms with van der Waals surface area (Å²) in [6.45, 7) is 4.07. The minimum absolute atomic E-state index is 0.0145. The minimum atomic E-state index is -3.78. The van der Waals surface area contributed by atoms with Crippen molar-refractivity contribution >= 4 is 15.9 Å².